The molecule has 0 aliphatic rings. The van der Waals surface area contributed by atoms with Crippen molar-refractivity contribution in [1.82, 2.24) is 0 Å². The average Bonchev–Trinajstić information content (AvgIpc) is 2.56. The van der Waals surface area contributed by atoms with E-state index in [2.05, 4.69) is 19.2 Å². The molecule has 0 aliphatic heterocycles. The van der Waals surface area contributed by atoms with Gasteiger partial charge >= 0.3 is 0 Å². The third kappa shape index (κ3) is 4.75. The van der Waals surface area contributed by atoms with Gasteiger partial charge in [-0.05, 0) is 55.2 Å². The molecular formula is C20H25NO3. The van der Waals surface area contributed by atoms with Crippen molar-refractivity contribution in [1.29, 1.82) is 0 Å². The molecule has 1 N–H and O–H groups in total. The van der Waals surface area contributed by atoms with Gasteiger partial charge in [0.1, 0.15) is 11.5 Å². The molecule has 0 aromatic heterocycles. The molecule has 0 unspecified atom stereocenters. The molecule has 0 radical (unpaired) electrons. The highest BCUT2D eigenvalue weighted by Crippen LogP contribution is 2.27. The van der Waals surface area contributed by atoms with E-state index in [1.165, 1.54) is 0 Å². The van der Waals surface area contributed by atoms with Crippen molar-refractivity contribution in [3.63, 3.8) is 0 Å². The van der Waals surface area contributed by atoms with Crippen LogP contribution in [0.15, 0.2) is 42.5 Å². The van der Waals surface area contributed by atoms with Gasteiger partial charge in [-0.15, -0.1) is 0 Å². The first kappa shape index (κ1) is 17.9. The van der Waals surface area contributed by atoms with Gasteiger partial charge < -0.3 is 14.8 Å². The summed E-state index contributed by atoms with van der Waals surface area (Å²) in [7, 11) is 0. The van der Waals surface area contributed by atoms with E-state index in [9.17, 15) is 4.79 Å². The Hall–Kier alpha value is -2.49. The van der Waals surface area contributed by atoms with Crippen LogP contribution < -0.4 is 14.8 Å². The highest BCUT2D eigenvalue weighted by atomic mass is 16.5. The van der Waals surface area contributed by atoms with Gasteiger partial charge in [0.05, 0.1) is 6.61 Å². The Morgan fingerprint density at radius 1 is 1.04 bits per heavy atom. The van der Waals surface area contributed by atoms with Gasteiger partial charge in [0.2, 0.25) is 0 Å². The maximum absolute atomic E-state index is 12.2. The lowest BCUT2D eigenvalue weighted by Crippen LogP contribution is -2.21. The first-order valence-corrected chi connectivity index (χ1v) is 8.26. The van der Waals surface area contributed by atoms with Crippen molar-refractivity contribution in [2.24, 2.45) is 0 Å². The number of amides is 1. The van der Waals surface area contributed by atoms with Crippen LogP contribution in [0.4, 0.5) is 5.69 Å². The smallest absolute Gasteiger partial charge is 0.262 e. The van der Waals surface area contributed by atoms with Crippen molar-refractivity contribution >= 4 is 11.6 Å². The average molecular weight is 327 g/mol. The number of benzene rings is 2. The Morgan fingerprint density at radius 2 is 1.67 bits per heavy atom. The van der Waals surface area contributed by atoms with Crippen LogP contribution in [0.5, 0.6) is 11.5 Å². The van der Waals surface area contributed by atoms with E-state index in [-0.39, 0.29) is 12.5 Å². The van der Waals surface area contributed by atoms with Crippen LogP contribution >= 0.6 is 0 Å². The second-order valence-electron chi connectivity index (χ2n) is 5.94. The standard InChI is InChI=1S/C20H25NO3/c1-5-23-16-9-11-17(12-10-16)24-13-19(22)21-20-15(4)7-6-8-18(20)14(2)3/h6-12,14H,5,13H2,1-4H3,(H,21,22). The zero-order valence-electron chi connectivity index (χ0n) is 14.8. The number of anilines is 1. The van der Waals surface area contributed by atoms with Crippen molar-refractivity contribution in [2.45, 2.75) is 33.6 Å². The summed E-state index contributed by atoms with van der Waals surface area (Å²) in [6.45, 7) is 8.75. The molecule has 0 saturated carbocycles. The van der Waals surface area contributed by atoms with Crippen LogP contribution in [0.3, 0.4) is 0 Å². The van der Waals surface area contributed by atoms with Crippen LogP contribution in [-0.2, 0) is 4.79 Å². The van der Waals surface area contributed by atoms with Crippen LogP contribution in [0.1, 0.15) is 37.8 Å². The zero-order chi connectivity index (χ0) is 17.5. The second-order valence-corrected chi connectivity index (χ2v) is 5.94. The second kappa shape index (κ2) is 8.39. The maximum atomic E-state index is 12.2. The van der Waals surface area contributed by atoms with E-state index in [1.807, 2.05) is 44.2 Å². The lowest BCUT2D eigenvalue weighted by molar-refractivity contribution is -0.118. The molecule has 0 aliphatic carbocycles. The number of nitrogens with one attached hydrogen (secondary N) is 1. The van der Waals surface area contributed by atoms with Crippen molar-refractivity contribution in [3.8, 4) is 11.5 Å². The topological polar surface area (TPSA) is 47.6 Å². The fourth-order valence-corrected chi connectivity index (χ4v) is 2.47. The first-order valence-electron chi connectivity index (χ1n) is 8.26. The lowest BCUT2D eigenvalue weighted by Gasteiger charge is -2.16. The van der Waals surface area contributed by atoms with E-state index in [0.717, 1.165) is 22.6 Å². The number of aryl methyl sites for hydroxylation is 1. The SMILES string of the molecule is CCOc1ccc(OCC(=O)Nc2c(C)cccc2C(C)C)cc1. The summed E-state index contributed by atoms with van der Waals surface area (Å²) in [5.74, 6) is 1.60. The molecule has 128 valence electrons. The number of hydrogen-bond acceptors (Lipinski definition) is 3. The number of ether oxygens (including phenoxy) is 2. The Bertz CT molecular complexity index is 678. The van der Waals surface area contributed by atoms with E-state index in [1.54, 1.807) is 12.1 Å². The van der Waals surface area contributed by atoms with Crippen molar-refractivity contribution in [2.75, 3.05) is 18.5 Å². The van der Waals surface area contributed by atoms with Crippen LogP contribution in [0.2, 0.25) is 0 Å². The van der Waals surface area contributed by atoms with Crippen LogP contribution in [0, 0.1) is 6.92 Å². The Balaban J connectivity index is 1.96. The molecule has 0 bridgehead atoms. The predicted octanol–water partition coefficient (Wildman–Crippen LogP) is 4.53. The normalized spacial score (nSPS) is 10.5. The Labute approximate surface area is 143 Å². The number of hydrogen-bond donors (Lipinski definition) is 1. The molecule has 4 nitrogen and oxygen atoms in total. The first-order chi connectivity index (χ1) is 11.5. The minimum atomic E-state index is -0.167. The van der Waals surface area contributed by atoms with Gasteiger partial charge in [0.15, 0.2) is 6.61 Å². The number of carbonyl (C=O) groups excluding carboxylic acids is 1. The number of rotatable bonds is 7. The molecule has 4 heteroatoms. The Morgan fingerprint density at radius 3 is 2.25 bits per heavy atom. The molecule has 1 amide bonds. The third-order valence-corrected chi connectivity index (χ3v) is 3.70. The lowest BCUT2D eigenvalue weighted by atomic mass is 9.98. The van der Waals surface area contributed by atoms with Crippen molar-refractivity contribution in [3.05, 3.63) is 53.6 Å². The maximum Gasteiger partial charge on any atom is 0.262 e. The van der Waals surface area contributed by atoms with Crippen LogP contribution in [0.25, 0.3) is 0 Å². The van der Waals surface area contributed by atoms with E-state index in [4.69, 9.17) is 9.47 Å². The minimum Gasteiger partial charge on any atom is -0.494 e. The zero-order valence-corrected chi connectivity index (χ0v) is 14.8. The number of carbonyl (C=O) groups is 1. The fraction of sp³-hybridized carbons (Fsp3) is 0.350. The fourth-order valence-electron chi connectivity index (χ4n) is 2.47. The molecular weight excluding hydrogens is 302 g/mol. The van der Waals surface area contributed by atoms with Gasteiger partial charge in [-0.3, -0.25) is 4.79 Å². The predicted molar refractivity (Wildman–Crippen MR) is 97.0 cm³/mol. The van der Waals surface area contributed by atoms with E-state index in [0.29, 0.717) is 18.3 Å². The van der Waals surface area contributed by atoms with Crippen LogP contribution in [-0.4, -0.2) is 19.1 Å². The highest BCUT2D eigenvalue weighted by Gasteiger charge is 2.12. The molecule has 2 aromatic carbocycles. The largest absolute Gasteiger partial charge is 0.494 e. The molecule has 0 atom stereocenters. The summed E-state index contributed by atoms with van der Waals surface area (Å²) in [5.41, 5.74) is 3.06. The summed E-state index contributed by atoms with van der Waals surface area (Å²) in [6.07, 6.45) is 0. The van der Waals surface area contributed by atoms with Crippen molar-refractivity contribution < 1.29 is 14.3 Å². The van der Waals surface area contributed by atoms with Gasteiger partial charge in [0.25, 0.3) is 5.91 Å². The summed E-state index contributed by atoms with van der Waals surface area (Å²) in [4.78, 5) is 12.2. The van der Waals surface area contributed by atoms with Gasteiger partial charge in [-0.25, -0.2) is 0 Å². The monoisotopic (exact) mass is 327 g/mol. The molecule has 0 spiro atoms. The van der Waals surface area contributed by atoms with E-state index >= 15 is 0 Å². The molecule has 0 heterocycles. The molecule has 2 aromatic rings. The van der Waals surface area contributed by atoms with Gasteiger partial charge in [-0.1, -0.05) is 32.0 Å². The van der Waals surface area contributed by atoms with Gasteiger partial charge in [0, 0.05) is 5.69 Å². The highest BCUT2D eigenvalue weighted by molar-refractivity contribution is 5.93. The van der Waals surface area contributed by atoms with E-state index < -0.39 is 0 Å². The number of para-hydroxylation sites is 1. The molecule has 24 heavy (non-hydrogen) atoms. The molecule has 0 saturated heterocycles. The summed E-state index contributed by atoms with van der Waals surface area (Å²) in [5, 5.41) is 2.97. The summed E-state index contributed by atoms with van der Waals surface area (Å²) in [6, 6.07) is 13.3. The molecule has 2 rings (SSSR count). The minimum absolute atomic E-state index is 0.0279. The third-order valence-electron chi connectivity index (χ3n) is 3.70. The quantitative estimate of drug-likeness (QED) is 0.812. The Kier molecular flexibility index (Phi) is 6.24. The molecule has 0 fully saturated rings. The van der Waals surface area contributed by atoms with Gasteiger partial charge in [-0.2, -0.15) is 0 Å². The summed E-state index contributed by atoms with van der Waals surface area (Å²) >= 11 is 0. The summed E-state index contributed by atoms with van der Waals surface area (Å²) < 4.78 is 10.9.